The quantitative estimate of drug-likeness (QED) is 0.444. The third-order valence-corrected chi connectivity index (χ3v) is 6.54. The summed E-state index contributed by atoms with van der Waals surface area (Å²) in [6.45, 7) is 3.65. The molecule has 0 atom stereocenters. The highest BCUT2D eigenvalue weighted by Crippen LogP contribution is 2.30. The summed E-state index contributed by atoms with van der Waals surface area (Å²) >= 11 is 1.25. The van der Waals surface area contributed by atoms with E-state index in [0.717, 1.165) is 13.1 Å². The first-order valence-corrected chi connectivity index (χ1v) is 11.2. The van der Waals surface area contributed by atoms with E-state index in [1.165, 1.54) is 26.9 Å². The number of ether oxygens (including phenoxy) is 1. The summed E-state index contributed by atoms with van der Waals surface area (Å²) in [6.07, 6.45) is 0. The van der Waals surface area contributed by atoms with Crippen molar-refractivity contribution in [2.45, 2.75) is 6.54 Å². The molecule has 32 heavy (non-hydrogen) atoms. The molecule has 0 spiro atoms. The molecule has 1 aliphatic rings. The molecule has 1 aliphatic heterocycles. The van der Waals surface area contributed by atoms with Crippen molar-refractivity contribution in [3.63, 3.8) is 0 Å². The number of oxazole rings is 1. The summed E-state index contributed by atoms with van der Waals surface area (Å²) < 4.78 is 26.9. The van der Waals surface area contributed by atoms with Crippen molar-refractivity contribution in [2.75, 3.05) is 44.3 Å². The van der Waals surface area contributed by atoms with Crippen LogP contribution in [0.2, 0.25) is 0 Å². The second-order valence-corrected chi connectivity index (χ2v) is 8.51. The maximum Gasteiger partial charge on any atom is 0.420 e. The number of thiazole rings is 1. The number of para-hydroxylation sites is 3. The maximum atomic E-state index is 14.2. The smallest absolute Gasteiger partial charge is 0.408 e. The van der Waals surface area contributed by atoms with Gasteiger partial charge in [0.2, 0.25) is 5.91 Å². The maximum absolute atomic E-state index is 14.2. The van der Waals surface area contributed by atoms with Gasteiger partial charge in [-0.05, 0) is 24.3 Å². The first kappa shape index (κ1) is 20.8. The van der Waals surface area contributed by atoms with Gasteiger partial charge in [0, 0.05) is 26.2 Å². The lowest BCUT2D eigenvalue weighted by Gasteiger charge is -2.29. The molecule has 0 radical (unpaired) electrons. The summed E-state index contributed by atoms with van der Waals surface area (Å²) in [5.41, 5.74) is 1.21. The van der Waals surface area contributed by atoms with E-state index in [0.29, 0.717) is 47.2 Å². The number of nitrogens with zero attached hydrogens (tertiary/aromatic N) is 4. The molecule has 1 saturated heterocycles. The Balaban J connectivity index is 1.46. The van der Waals surface area contributed by atoms with Crippen LogP contribution in [0.3, 0.4) is 0 Å². The zero-order valence-electron chi connectivity index (χ0n) is 17.2. The van der Waals surface area contributed by atoms with Crippen molar-refractivity contribution in [2.24, 2.45) is 0 Å². The lowest BCUT2D eigenvalue weighted by Crippen LogP contribution is -2.44. The molecule has 4 aromatic rings. The molecule has 0 aliphatic carbocycles. The van der Waals surface area contributed by atoms with E-state index in [2.05, 4.69) is 9.88 Å². The van der Waals surface area contributed by atoms with Gasteiger partial charge in [0.05, 0.1) is 23.4 Å². The average Bonchev–Trinajstić information content (AvgIpc) is 3.37. The van der Waals surface area contributed by atoms with Crippen molar-refractivity contribution >= 4 is 43.7 Å². The highest BCUT2D eigenvalue weighted by Gasteiger charge is 2.24. The Morgan fingerprint density at radius 2 is 1.97 bits per heavy atom. The number of carbonyl (C=O) groups is 1. The van der Waals surface area contributed by atoms with Gasteiger partial charge >= 0.3 is 5.76 Å². The van der Waals surface area contributed by atoms with E-state index >= 15 is 0 Å². The second kappa shape index (κ2) is 8.81. The van der Waals surface area contributed by atoms with Crippen LogP contribution in [-0.4, -0.2) is 59.8 Å². The van der Waals surface area contributed by atoms with Gasteiger partial charge in [-0.3, -0.25) is 19.2 Å². The van der Waals surface area contributed by atoms with Gasteiger partial charge in [-0.1, -0.05) is 29.5 Å². The van der Waals surface area contributed by atoms with Gasteiger partial charge in [-0.2, -0.15) is 0 Å². The van der Waals surface area contributed by atoms with Crippen LogP contribution in [-0.2, 0) is 16.1 Å². The average molecular weight is 456 g/mol. The number of benzene rings is 2. The third-order valence-electron chi connectivity index (χ3n) is 5.50. The van der Waals surface area contributed by atoms with E-state index in [1.807, 2.05) is 0 Å². The van der Waals surface area contributed by atoms with Gasteiger partial charge in [-0.15, -0.1) is 0 Å². The number of halogens is 1. The van der Waals surface area contributed by atoms with Gasteiger partial charge < -0.3 is 9.15 Å². The Hall–Kier alpha value is -3.08. The van der Waals surface area contributed by atoms with E-state index in [1.54, 1.807) is 36.4 Å². The van der Waals surface area contributed by atoms with Crippen LogP contribution in [0.1, 0.15) is 0 Å². The summed E-state index contributed by atoms with van der Waals surface area (Å²) in [4.78, 5) is 33.9. The molecule has 0 saturated carbocycles. The van der Waals surface area contributed by atoms with Gasteiger partial charge in [0.1, 0.15) is 17.9 Å². The molecule has 1 amide bonds. The largest absolute Gasteiger partial charge is 0.420 e. The van der Waals surface area contributed by atoms with Gasteiger partial charge in [-0.25, -0.2) is 14.2 Å². The second-order valence-electron chi connectivity index (χ2n) is 7.50. The van der Waals surface area contributed by atoms with Crippen molar-refractivity contribution in [3.05, 3.63) is 58.8 Å². The summed E-state index contributed by atoms with van der Waals surface area (Å²) in [6, 6.07) is 11.7. The van der Waals surface area contributed by atoms with Crippen LogP contribution < -0.4 is 10.7 Å². The van der Waals surface area contributed by atoms with E-state index in [9.17, 15) is 14.0 Å². The molecule has 1 fully saturated rings. The first-order valence-electron chi connectivity index (χ1n) is 10.3. The molecule has 166 valence electrons. The molecule has 0 bridgehead atoms. The number of aromatic nitrogens is 2. The number of carbonyl (C=O) groups excluding carboxylic acids is 1. The molecule has 10 heteroatoms. The number of morpholine rings is 1. The van der Waals surface area contributed by atoms with E-state index in [4.69, 9.17) is 9.15 Å². The molecule has 8 nitrogen and oxygen atoms in total. The molecule has 3 heterocycles. The monoisotopic (exact) mass is 456 g/mol. The molecule has 0 N–H and O–H groups in total. The predicted octanol–water partition coefficient (Wildman–Crippen LogP) is 2.71. The van der Waals surface area contributed by atoms with Gasteiger partial charge in [0.25, 0.3) is 0 Å². The Kier molecular flexibility index (Phi) is 5.73. The normalized spacial score (nSPS) is 14.9. The lowest BCUT2D eigenvalue weighted by molar-refractivity contribution is -0.119. The molecule has 0 unspecified atom stereocenters. The van der Waals surface area contributed by atoms with Crippen LogP contribution >= 0.6 is 11.3 Å². The zero-order valence-corrected chi connectivity index (χ0v) is 18.0. The van der Waals surface area contributed by atoms with Crippen LogP contribution in [0, 0.1) is 5.82 Å². The fraction of sp³-hybridized carbons (Fsp3) is 0.318. The predicted molar refractivity (Wildman–Crippen MR) is 120 cm³/mol. The molecular weight excluding hydrogens is 435 g/mol. The topological polar surface area (TPSA) is 80.8 Å². The van der Waals surface area contributed by atoms with Crippen molar-refractivity contribution in [1.82, 2.24) is 14.5 Å². The van der Waals surface area contributed by atoms with Crippen molar-refractivity contribution in [3.8, 4) is 0 Å². The highest BCUT2D eigenvalue weighted by molar-refractivity contribution is 7.22. The number of hydrogen-bond donors (Lipinski definition) is 0. The summed E-state index contributed by atoms with van der Waals surface area (Å²) in [5.74, 6) is -1.34. The Morgan fingerprint density at radius 1 is 1.16 bits per heavy atom. The van der Waals surface area contributed by atoms with Crippen molar-refractivity contribution in [1.29, 1.82) is 0 Å². The number of amides is 1. The van der Waals surface area contributed by atoms with Gasteiger partial charge in [0.15, 0.2) is 10.7 Å². The Labute approximate surface area is 186 Å². The fourth-order valence-electron chi connectivity index (χ4n) is 3.80. The minimum absolute atomic E-state index is 0.197. The fourth-order valence-corrected chi connectivity index (χ4v) is 4.82. The standard InChI is InChI=1S/C22H21FN4O4S/c23-15-4-3-7-18-20(15)24-21(32-18)26(9-8-25-10-12-30-13-11-25)19(28)14-27-16-5-1-2-6-17(16)31-22(27)29/h1-7H,8-14H2. The SMILES string of the molecule is O=C(Cn1c(=O)oc2ccccc21)N(CCN1CCOCC1)c1nc2c(F)cccc2s1. The third kappa shape index (κ3) is 4.04. The zero-order chi connectivity index (χ0) is 22.1. The Bertz CT molecular complexity index is 1320. The minimum atomic E-state index is -0.594. The van der Waals surface area contributed by atoms with Crippen molar-refractivity contribution < 1.29 is 18.3 Å². The molecule has 2 aromatic heterocycles. The first-order chi connectivity index (χ1) is 15.6. The van der Waals surface area contributed by atoms with Crippen LogP contribution in [0.5, 0.6) is 0 Å². The minimum Gasteiger partial charge on any atom is -0.408 e. The molecular formula is C22H21FN4O4S. The Morgan fingerprint density at radius 3 is 2.78 bits per heavy atom. The molecule has 2 aromatic carbocycles. The number of anilines is 1. The number of rotatable bonds is 6. The van der Waals surface area contributed by atoms with Crippen LogP contribution in [0.15, 0.2) is 51.7 Å². The van der Waals surface area contributed by atoms with E-state index < -0.39 is 11.6 Å². The van der Waals surface area contributed by atoms with Crippen LogP contribution in [0.4, 0.5) is 9.52 Å². The number of fused-ring (bicyclic) bond motifs is 2. The summed E-state index contributed by atoms with van der Waals surface area (Å²) in [5, 5.41) is 0.407. The highest BCUT2D eigenvalue weighted by atomic mass is 32.1. The van der Waals surface area contributed by atoms with Crippen LogP contribution in [0.25, 0.3) is 21.3 Å². The summed E-state index contributed by atoms with van der Waals surface area (Å²) in [7, 11) is 0. The molecule has 5 rings (SSSR count). The number of hydrogen-bond acceptors (Lipinski definition) is 7. The lowest BCUT2D eigenvalue weighted by atomic mass is 10.3. The van der Waals surface area contributed by atoms with E-state index in [-0.39, 0.29) is 18.0 Å².